The second kappa shape index (κ2) is 16.1. The molecule has 6 atom stereocenters. The van der Waals surface area contributed by atoms with Crippen LogP contribution in [-0.4, -0.2) is 81.7 Å². The minimum atomic E-state index is -4.44. The number of hydrogen-bond donors (Lipinski definition) is 2. The zero-order chi connectivity index (χ0) is 28.5. The number of carbonyl (C=O) groups excluding carboxylic acids is 2. The predicted octanol–water partition coefficient (Wildman–Crippen LogP) is 4.83. The molecule has 1 saturated carbocycles. The Kier molecular flexibility index (Phi) is 14.3. The number of aliphatic hydroxyl groups excluding tert-OH is 1. The van der Waals surface area contributed by atoms with Crippen LogP contribution in [0.25, 0.3) is 0 Å². The average molecular weight is 580 g/mol. The Balaban J connectivity index is 1.93. The molecule has 0 aromatic rings. The maximum atomic E-state index is 13.0. The SMILES string of the molecule is CC(C)CCC(=O)N1C[C@H](O)C[C@H]1COP(=O)(O)O[C@H]1CC(C(=O)CCCSC(C)C)[C@H](COC(C)C)C1. The molecule has 222 valence electrons. The molecule has 2 N–H and O–H groups in total. The first kappa shape index (κ1) is 33.7. The largest absolute Gasteiger partial charge is 0.472 e. The number of likely N-dealkylation sites (tertiary alicyclic amines) is 1. The summed E-state index contributed by atoms with van der Waals surface area (Å²) in [5, 5.41) is 10.6. The normalized spacial score (nSPS) is 27.6. The van der Waals surface area contributed by atoms with Gasteiger partial charge in [0.05, 0.1) is 37.6 Å². The third kappa shape index (κ3) is 11.9. The van der Waals surface area contributed by atoms with Crippen LogP contribution in [0.5, 0.6) is 0 Å². The van der Waals surface area contributed by atoms with Crippen LogP contribution in [0.15, 0.2) is 0 Å². The highest BCUT2D eigenvalue weighted by atomic mass is 32.2. The van der Waals surface area contributed by atoms with Crippen LogP contribution in [0.4, 0.5) is 0 Å². The number of amides is 1. The summed E-state index contributed by atoms with van der Waals surface area (Å²) in [5.74, 6) is 1.02. The van der Waals surface area contributed by atoms with E-state index in [9.17, 15) is 24.2 Å². The summed E-state index contributed by atoms with van der Waals surface area (Å²) < 4.78 is 29.5. The number of aliphatic hydroxyl groups is 1. The molecule has 0 aromatic carbocycles. The van der Waals surface area contributed by atoms with Gasteiger partial charge in [-0.2, -0.15) is 11.8 Å². The van der Waals surface area contributed by atoms with Crippen LogP contribution in [0.2, 0.25) is 0 Å². The predicted molar refractivity (Wildman–Crippen MR) is 150 cm³/mol. The lowest BCUT2D eigenvalue weighted by Gasteiger charge is -2.26. The van der Waals surface area contributed by atoms with Crippen molar-refractivity contribution in [2.45, 2.75) is 116 Å². The highest BCUT2D eigenvalue weighted by Crippen LogP contribution is 2.49. The molecule has 1 aliphatic heterocycles. The molecule has 38 heavy (non-hydrogen) atoms. The lowest BCUT2D eigenvalue weighted by atomic mass is 9.90. The topological polar surface area (TPSA) is 123 Å². The first-order valence-corrected chi connectivity index (χ1v) is 16.7. The Labute approximate surface area is 233 Å². The summed E-state index contributed by atoms with van der Waals surface area (Å²) in [6, 6.07) is -0.484. The zero-order valence-corrected chi connectivity index (χ0v) is 25.8. The van der Waals surface area contributed by atoms with Crippen LogP contribution in [0.1, 0.15) is 86.5 Å². The lowest BCUT2D eigenvalue weighted by Crippen LogP contribution is -2.38. The molecule has 1 amide bonds. The van der Waals surface area contributed by atoms with Crippen LogP contribution in [-0.2, 0) is 27.9 Å². The van der Waals surface area contributed by atoms with Gasteiger partial charge in [0.2, 0.25) is 5.91 Å². The van der Waals surface area contributed by atoms with Crippen LogP contribution in [0, 0.1) is 17.8 Å². The minimum Gasteiger partial charge on any atom is -0.391 e. The van der Waals surface area contributed by atoms with E-state index in [4.69, 9.17) is 13.8 Å². The maximum Gasteiger partial charge on any atom is 0.472 e. The molecule has 1 saturated heterocycles. The number of nitrogens with zero attached hydrogens (tertiary/aromatic N) is 1. The van der Waals surface area contributed by atoms with Crippen molar-refractivity contribution in [3.05, 3.63) is 0 Å². The standard InChI is InChI=1S/C27H50NO8PS/c1-18(2)9-10-27(31)28-15-23(29)13-22(28)17-35-37(32,33)36-24-12-21(16-34-19(3)4)25(14-24)26(30)8-7-11-38-20(5)6/h18-25,29H,7-17H2,1-6H3,(H,32,33)/t21-,22-,23+,24+,25?/m0/s1. The fraction of sp³-hybridized carbons (Fsp3) is 0.926. The summed E-state index contributed by atoms with van der Waals surface area (Å²) in [5.41, 5.74) is 0. The van der Waals surface area contributed by atoms with Gasteiger partial charge in [0, 0.05) is 25.3 Å². The third-order valence-electron chi connectivity index (χ3n) is 7.09. The van der Waals surface area contributed by atoms with Crippen LogP contribution < -0.4 is 0 Å². The van der Waals surface area contributed by atoms with Gasteiger partial charge in [0.15, 0.2) is 0 Å². The molecule has 1 heterocycles. The van der Waals surface area contributed by atoms with Crippen molar-refractivity contribution < 1.29 is 37.9 Å². The van der Waals surface area contributed by atoms with E-state index in [1.54, 1.807) is 4.90 Å². The number of rotatable bonds is 17. The van der Waals surface area contributed by atoms with Crippen molar-refractivity contribution in [2.75, 3.05) is 25.5 Å². The van der Waals surface area contributed by atoms with Crippen molar-refractivity contribution in [3.8, 4) is 0 Å². The molecule has 1 aliphatic carbocycles. The van der Waals surface area contributed by atoms with E-state index < -0.39 is 26.1 Å². The highest BCUT2D eigenvalue weighted by molar-refractivity contribution is 7.99. The van der Waals surface area contributed by atoms with E-state index >= 15 is 0 Å². The van der Waals surface area contributed by atoms with Gasteiger partial charge in [-0.1, -0.05) is 27.7 Å². The van der Waals surface area contributed by atoms with E-state index in [2.05, 4.69) is 13.8 Å². The van der Waals surface area contributed by atoms with E-state index in [-0.39, 0.29) is 49.2 Å². The number of ketones is 1. The van der Waals surface area contributed by atoms with Gasteiger partial charge in [-0.15, -0.1) is 0 Å². The van der Waals surface area contributed by atoms with Crippen molar-refractivity contribution in [2.24, 2.45) is 17.8 Å². The number of β-amino-alcohol motifs (C(OH)–C–C–N with tert-alkyl or cyclic N) is 1. The third-order valence-corrected chi connectivity index (χ3v) is 9.32. The van der Waals surface area contributed by atoms with Crippen LogP contribution in [0.3, 0.4) is 0 Å². The van der Waals surface area contributed by atoms with Gasteiger partial charge in [-0.25, -0.2) is 4.57 Å². The number of thioether (sulfide) groups is 1. The number of hydrogen-bond acceptors (Lipinski definition) is 8. The minimum absolute atomic E-state index is 0.0217. The molecule has 2 fully saturated rings. The summed E-state index contributed by atoms with van der Waals surface area (Å²) in [6.07, 6.45) is 2.22. The molecule has 0 spiro atoms. The first-order valence-electron chi connectivity index (χ1n) is 14.2. The number of phosphoric ester groups is 1. The monoisotopic (exact) mass is 579 g/mol. The zero-order valence-electron chi connectivity index (χ0n) is 24.0. The van der Waals surface area contributed by atoms with Gasteiger partial charge in [0.25, 0.3) is 0 Å². The summed E-state index contributed by atoms with van der Waals surface area (Å²) in [6.45, 7) is 12.6. The van der Waals surface area contributed by atoms with Crippen molar-refractivity contribution in [3.63, 3.8) is 0 Å². The van der Waals surface area contributed by atoms with Gasteiger partial charge in [0.1, 0.15) is 5.78 Å². The molecule has 2 unspecified atom stereocenters. The first-order chi connectivity index (χ1) is 17.8. The van der Waals surface area contributed by atoms with E-state index in [1.165, 1.54) is 0 Å². The maximum absolute atomic E-state index is 13.0. The second-order valence-electron chi connectivity index (χ2n) is 11.7. The number of phosphoric acid groups is 1. The summed E-state index contributed by atoms with van der Waals surface area (Å²) in [4.78, 5) is 37.7. The Hall–Kier alpha value is -0.480. The molecular weight excluding hydrogens is 529 g/mol. The molecule has 2 aliphatic rings. The van der Waals surface area contributed by atoms with Gasteiger partial charge in [-0.05, 0) is 68.8 Å². The lowest BCUT2D eigenvalue weighted by molar-refractivity contribution is -0.133. The number of Topliss-reactive ketones (excluding diaryl/α,β-unsaturated/α-hetero) is 1. The van der Waals surface area contributed by atoms with E-state index in [0.717, 1.165) is 18.6 Å². The summed E-state index contributed by atoms with van der Waals surface area (Å²) in [7, 11) is -4.44. The molecule has 0 radical (unpaired) electrons. The Morgan fingerprint density at radius 3 is 2.39 bits per heavy atom. The quantitative estimate of drug-likeness (QED) is 0.184. The Morgan fingerprint density at radius 2 is 1.76 bits per heavy atom. The van der Waals surface area contributed by atoms with Crippen molar-refractivity contribution >= 4 is 31.3 Å². The van der Waals surface area contributed by atoms with E-state index in [0.29, 0.717) is 43.5 Å². The van der Waals surface area contributed by atoms with Crippen molar-refractivity contribution in [1.29, 1.82) is 0 Å². The number of ether oxygens (including phenoxy) is 1. The smallest absolute Gasteiger partial charge is 0.391 e. The highest BCUT2D eigenvalue weighted by Gasteiger charge is 2.43. The number of carbonyl (C=O) groups is 2. The molecule has 9 nitrogen and oxygen atoms in total. The average Bonchev–Trinajstić information content (AvgIpc) is 3.39. The fourth-order valence-electron chi connectivity index (χ4n) is 5.12. The molecule has 2 rings (SSSR count). The molecular formula is C27H50NO8PS. The Morgan fingerprint density at radius 1 is 1.05 bits per heavy atom. The second-order valence-corrected chi connectivity index (χ2v) is 14.8. The Bertz CT molecular complexity index is 795. The van der Waals surface area contributed by atoms with Crippen LogP contribution >= 0.6 is 19.6 Å². The van der Waals surface area contributed by atoms with Gasteiger partial charge in [-0.3, -0.25) is 18.6 Å². The summed E-state index contributed by atoms with van der Waals surface area (Å²) >= 11 is 1.83. The fourth-order valence-corrected chi connectivity index (χ4v) is 6.87. The molecule has 0 bridgehead atoms. The molecule has 0 aromatic heterocycles. The molecule has 11 heteroatoms. The van der Waals surface area contributed by atoms with Gasteiger partial charge >= 0.3 is 7.82 Å². The van der Waals surface area contributed by atoms with E-state index in [1.807, 2.05) is 39.5 Å². The van der Waals surface area contributed by atoms with Crippen molar-refractivity contribution in [1.82, 2.24) is 4.90 Å². The van der Waals surface area contributed by atoms with Gasteiger partial charge < -0.3 is 19.6 Å².